The molecule has 3 aliphatic carbocycles. The van der Waals surface area contributed by atoms with E-state index < -0.39 is 173 Å². The lowest BCUT2D eigenvalue weighted by Crippen LogP contribution is -2.65. The number of halogens is 4. The zero-order chi connectivity index (χ0) is 75.4. The number of rotatable bonds is 11. The van der Waals surface area contributed by atoms with Gasteiger partial charge in [-0.15, -0.1) is 0 Å². The molecule has 103 heavy (non-hydrogen) atoms. The van der Waals surface area contributed by atoms with Gasteiger partial charge in [0.25, 0.3) is 0 Å². The highest BCUT2D eigenvalue weighted by molar-refractivity contribution is 6.31. The fraction of sp³-hybridized carbons (Fsp3) is 0.689. The van der Waals surface area contributed by atoms with Crippen LogP contribution in [0.3, 0.4) is 0 Å². The van der Waals surface area contributed by atoms with Crippen molar-refractivity contribution in [3.05, 3.63) is 64.4 Å². The smallest absolute Gasteiger partial charge is 0.343 e. The number of likely N-dealkylation sites (tertiary alicyclic amines) is 1. The van der Waals surface area contributed by atoms with E-state index in [1.807, 2.05) is 6.92 Å². The Balaban J connectivity index is 1.19. The summed E-state index contributed by atoms with van der Waals surface area (Å²) in [6.45, 7) is 4.78. The van der Waals surface area contributed by atoms with Crippen LogP contribution in [0.1, 0.15) is 172 Å². The molecule has 1 spiro atoms. The van der Waals surface area contributed by atoms with Gasteiger partial charge in [-0.25, -0.2) is 0 Å². The van der Waals surface area contributed by atoms with Crippen molar-refractivity contribution in [2.75, 3.05) is 82.1 Å². The van der Waals surface area contributed by atoms with E-state index in [9.17, 15) is 46.7 Å². The first kappa shape index (κ1) is 80.8. The fourth-order valence-electron chi connectivity index (χ4n) is 15.8. The lowest BCUT2D eigenvalue weighted by molar-refractivity contribution is -0.158. The molecule has 8 rings (SSSR count). The Bertz CT molecular complexity index is 3400. The standard InChI is InChI=1S/C74H107ClF3N13O12/c1-11-46(2)62-70(101)84(5)45-61(94)91-38-32-55(91)68(99)87(8)57(40-48-23-14-12-15-24-48)67(98)83(4)44-59(92)80-54(31-29-49-28-30-52(53(75)39-49)74(76,77)78)66(97)86(7)56(41-50-25-22-35-79-43-50)65(96)82-73(33-18-19-34-73)72(103)89(10)63(51-26-16-13-17-27-51)71(102)88(9)58(69(100)90-36-20-21-37-90)42-60(93)85(6)47(3)64(95)81-62/h22,25,28,30,35,39,43,46-48,51,54-58,62-63H,11-21,23-24,26-27,29,31-34,36-38,40-42,44-45H2,1-10H3,(H,80,92)(H,81,95)(H,82,96)/t46-,47-,54-,55-,56-,57-,58-,62-,63-/m0/s1. The maximum absolute atomic E-state index is 15.9. The lowest BCUT2D eigenvalue weighted by atomic mass is 9.81. The van der Waals surface area contributed by atoms with Crippen molar-refractivity contribution >= 4 is 82.5 Å². The molecule has 2 aromatic rings. The van der Waals surface area contributed by atoms with E-state index in [1.165, 1.54) is 99.2 Å². The fourth-order valence-corrected chi connectivity index (χ4v) is 16.1. The second-order valence-corrected chi connectivity index (χ2v) is 30.2. The number of alkyl halides is 3. The summed E-state index contributed by atoms with van der Waals surface area (Å²) in [6, 6.07) is -3.72. The van der Waals surface area contributed by atoms with E-state index in [1.54, 1.807) is 24.0 Å². The van der Waals surface area contributed by atoms with Crippen molar-refractivity contribution in [1.29, 1.82) is 0 Å². The summed E-state index contributed by atoms with van der Waals surface area (Å²) in [7, 11) is 9.92. The molecule has 3 saturated carbocycles. The molecule has 0 radical (unpaired) electrons. The van der Waals surface area contributed by atoms with Gasteiger partial charge in [-0.05, 0) is 118 Å². The van der Waals surface area contributed by atoms with E-state index in [4.69, 9.17) is 11.6 Å². The number of carbonyl (C=O) groups excluding carboxylic acids is 12. The van der Waals surface area contributed by atoms with Gasteiger partial charge in [0.2, 0.25) is 70.9 Å². The highest BCUT2D eigenvalue weighted by atomic mass is 35.5. The topological polar surface area (TPSA) is 283 Å². The van der Waals surface area contributed by atoms with Crippen LogP contribution < -0.4 is 16.0 Å². The van der Waals surface area contributed by atoms with Gasteiger partial charge in [0.15, 0.2) is 0 Å². The second-order valence-electron chi connectivity index (χ2n) is 29.8. The zero-order valence-corrected chi connectivity index (χ0v) is 62.3. The van der Waals surface area contributed by atoms with Crippen molar-refractivity contribution in [3.63, 3.8) is 0 Å². The van der Waals surface area contributed by atoms with Crippen LogP contribution >= 0.6 is 11.6 Å². The second kappa shape index (κ2) is 35.7. The molecule has 25 nitrogen and oxygen atoms in total. The number of benzene rings is 1. The maximum Gasteiger partial charge on any atom is 0.417 e. The van der Waals surface area contributed by atoms with Gasteiger partial charge in [-0.1, -0.05) is 108 Å². The summed E-state index contributed by atoms with van der Waals surface area (Å²) in [5.74, 6) is -8.86. The summed E-state index contributed by atoms with van der Waals surface area (Å²) >= 11 is 6.20. The average Bonchev–Trinajstić information content (AvgIpc) is 1.75. The van der Waals surface area contributed by atoms with Gasteiger partial charge >= 0.3 is 6.18 Å². The summed E-state index contributed by atoms with van der Waals surface area (Å²) in [6.07, 6.45) is 8.21. The van der Waals surface area contributed by atoms with Gasteiger partial charge in [-0.3, -0.25) is 62.5 Å². The Kier molecular flexibility index (Phi) is 28.0. The summed E-state index contributed by atoms with van der Waals surface area (Å²) in [5, 5.41) is 8.08. The van der Waals surface area contributed by atoms with Crippen molar-refractivity contribution in [1.82, 2.24) is 65.0 Å². The average molecular weight is 1460 g/mol. The van der Waals surface area contributed by atoms with Crippen LogP contribution in [-0.4, -0.2) is 256 Å². The number of hydrogen-bond donors (Lipinski definition) is 3. The molecule has 3 aliphatic heterocycles. The van der Waals surface area contributed by atoms with Gasteiger partial charge in [0.1, 0.15) is 53.9 Å². The van der Waals surface area contributed by atoms with Gasteiger partial charge in [0.05, 0.1) is 30.1 Å². The largest absolute Gasteiger partial charge is 0.417 e. The van der Waals surface area contributed by atoms with Gasteiger partial charge in [0, 0.05) is 87.8 Å². The number of amides is 12. The number of aryl methyl sites for hydroxylation is 1. The Morgan fingerprint density at radius 3 is 1.88 bits per heavy atom. The first-order chi connectivity index (χ1) is 48.8. The van der Waals surface area contributed by atoms with E-state index in [-0.39, 0.29) is 63.0 Å². The molecular weight excluding hydrogens is 1360 g/mol. The predicted molar refractivity (Wildman–Crippen MR) is 377 cm³/mol. The molecule has 568 valence electrons. The number of fused-ring (bicyclic) bond motifs is 1. The molecule has 1 aromatic heterocycles. The van der Waals surface area contributed by atoms with Gasteiger partial charge in [-0.2, -0.15) is 13.2 Å². The molecule has 29 heteroatoms. The third-order valence-corrected chi connectivity index (χ3v) is 23.1. The highest BCUT2D eigenvalue weighted by Crippen LogP contribution is 2.38. The van der Waals surface area contributed by atoms with E-state index >= 15 is 24.0 Å². The Morgan fingerprint density at radius 1 is 0.660 bits per heavy atom. The van der Waals surface area contributed by atoms with Crippen molar-refractivity contribution in [2.24, 2.45) is 17.8 Å². The predicted octanol–water partition coefficient (Wildman–Crippen LogP) is 5.62. The zero-order valence-electron chi connectivity index (χ0n) is 61.6. The molecule has 1 aromatic carbocycles. The van der Waals surface area contributed by atoms with Crippen LogP contribution in [0, 0.1) is 17.8 Å². The molecule has 3 N–H and O–H groups in total. The Hall–Kier alpha value is -7.91. The molecule has 4 heterocycles. The number of likely N-dealkylation sites (N-methyl/N-ethyl adjacent to an activating group) is 7. The monoisotopic (exact) mass is 1460 g/mol. The van der Waals surface area contributed by atoms with E-state index in [0.29, 0.717) is 63.6 Å². The van der Waals surface area contributed by atoms with Crippen LogP contribution in [0.15, 0.2) is 42.7 Å². The minimum Gasteiger partial charge on any atom is -0.343 e. The molecule has 0 unspecified atom stereocenters. The van der Waals surface area contributed by atoms with E-state index in [2.05, 4.69) is 20.9 Å². The van der Waals surface area contributed by atoms with Crippen LogP contribution in [0.2, 0.25) is 5.02 Å². The molecule has 0 bridgehead atoms. The molecule has 6 fully saturated rings. The summed E-state index contributed by atoms with van der Waals surface area (Å²) < 4.78 is 41.9. The molecule has 9 atom stereocenters. The third kappa shape index (κ3) is 19.5. The van der Waals surface area contributed by atoms with E-state index in [0.717, 1.165) is 78.2 Å². The molecule has 3 saturated heterocycles. The lowest BCUT2D eigenvalue weighted by Gasteiger charge is -2.44. The van der Waals surface area contributed by atoms with Crippen molar-refractivity contribution in [2.45, 2.75) is 229 Å². The number of hydrogen-bond acceptors (Lipinski definition) is 13. The molecular formula is C74H107ClF3N13O12. The number of nitrogens with zero attached hydrogens (tertiary/aromatic N) is 10. The number of pyridine rings is 1. The molecule has 6 aliphatic rings. The van der Waals surface area contributed by atoms with Crippen LogP contribution in [0.4, 0.5) is 13.2 Å². The summed E-state index contributed by atoms with van der Waals surface area (Å²) in [4.78, 5) is 196. The van der Waals surface area contributed by atoms with Crippen LogP contribution in [-0.2, 0) is 76.6 Å². The van der Waals surface area contributed by atoms with Crippen molar-refractivity contribution in [3.8, 4) is 0 Å². The van der Waals surface area contributed by atoms with Crippen LogP contribution in [0.5, 0.6) is 0 Å². The first-order valence-electron chi connectivity index (χ1n) is 36.9. The Morgan fingerprint density at radius 2 is 1.29 bits per heavy atom. The summed E-state index contributed by atoms with van der Waals surface area (Å²) in [5.41, 5.74) is -1.98. The van der Waals surface area contributed by atoms with Crippen molar-refractivity contribution < 1.29 is 70.7 Å². The highest BCUT2D eigenvalue weighted by Gasteiger charge is 2.51. The maximum atomic E-state index is 15.9. The Labute approximate surface area is 608 Å². The minimum absolute atomic E-state index is 0.00982. The minimum atomic E-state index is -4.78. The molecule has 12 amide bonds. The first-order valence-corrected chi connectivity index (χ1v) is 37.2. The number of nitrogens with one attached hydrogen (secondary N) is 3. The quantitative estimate of drug-likeness (QED) is 0.247. The van der Waals surface area contributed by atoms with Gasteiger partial charge < -0.3 is 60.0 Å². The SMILES string of the molecule is CC[C@H](C)[C@@H]1NC(=O)[C@H](C)N(C)C(=O)C[C@@H](C(=O)N2CCCC2)N(C)C(=O)[C@H](C2CCCCC2)N(C)C(=O)C2(CCCC2)NC(=O)[C@H](Cc2cccnc2)N(C)C(=O)[C@H](CCc2ccc(C(F)(F)F)c(Cl)c2)NC(=O)CN(C)C(=O)[C@H](CC2CCCCC2)N(C)C(=O)[C@@H]2CCN2C(=O)CN(C)C1=O. The number of carbonyl (C=O) groups is 12. The number of aromatic nitrogens is 1. The van der Waals surface area contributed by atoms with Crippen LogP contribution in [0.25, 0.3) is 0 Å². The normalized spacial score (nSPS) is 26.9. The third-order valence-electron chi connectivity index (χ3n) is 22.8.